The molecule has 0 atom stereocenters. The molecule has 0 saturated carbocycles. The van der Waals surface area contributed by atoms with Gasteiger partial charge in [0.1, 0.15) is 0 Å². The fourth-order valence-electron chi connectivity index (χ4n) is 1.83. The normalized spacial score (nSPS) is 11.2. The summed E-state index contributed by atoms with van der Waals surface area (Å²) in [6.07, 6.45) is -4.42. The van der Waals surface area contributed by atoms with Gasteiger partial charge in [-0.1, -0.05) is 18.2 Å². The van der Waals surface area contributed by atoms with Crippen LogP contribution in [0.2, 0.25) is 0 Å². The van der Waals surface area contributed by atoms with Gasteiger partial charge >= 0.3 is 6.18 Å². The molecule has 0 radical (unpaired) electrons. The topological polar surface area (TPSA) is 55.1 Å². The second-order valence-electron chi connectivity index (χ2n) is 4.39. The number of carbonyl (C=O) groups excluding carboxylic acids is 1. The summed E-state index contributed by atoms with van der Waals surface area (Å²) in [6, 6.07) is 11.0. The van der Waals surface area contributed by atoms with Crippen molar-refractivity contribution in [1.29, 1.82) is 0 Å². The van der Waals surface area contributed by atoms with Gasteiger partial charge in [0, 0.05) is 17.8 Å². The summed E-state index contributed by atoms with van der Waals surface area (Å²) in [5.74, 6) is -0.482. The van der Waals surface area contributed by atoms with Crippen LogP contribution in [0, 0.1) is 0 Å². The number of hydrogen-bond acceptors (Lipinski definition) is 2. The van der Waals surface area contributed by atoms with Crippen LogP contribution >= 0.6 is 0 Å². The van der Waals surface area contributed by atoms with Crippen LogP contribution in [0.15, 0.2) is 48.5 Å². The number of alkyl halides is 3. The summed E-state index contributed by atoms with van der Waals surface area (Å²) in [5.41, 5.74) is 6.21. The van der Waals surface area contributed by atoms with E-state index in [0.717, 1.165) is 29.8 Å². The fraction of sp³-hybridized carbons (Fsp3) is 0.133. The first-order valence-electron chi connectivity index (χ1n) is 6.18. The molecule has 2 aromatic rings. The Bertz CT molecular complexity index is 636. The first-order valence-corrected chi connectivity index (χ1v) is 6.18. The molecule has 1 amide bonds. The highest BCUT2D eigenvalue weighted by atomic mass is 19.4. The SMILES string of the molecule is NCc1ccccc1NC(=O)c1ccc(C(F)(F)F)cc1. The van der Waals surface area contributed by atoms with Crippen LogP contribution in [0.5, 0.6) is 0 Å². The standard InChI is InChI=1S/C15H13F3N2O/c16-15(17,18)12-7-5-10(6-8-12)14(21)20-13-4-2-1-3-11(13)9-19/h1-8H,9,19H2,(H,20,21). The summed E-state index contributed by atoms with van der Waals surface area (Å²) in [4.78, 5) is 12.0. The molecule has 3 N–H and O–H groups in total. The second kappa shape index (κ2) is 5.97. The van der Waals surface area contributed by atoms with Crippen LogP contribution in [0.25, 0.3) is 0 Å². The van der Waals surface area contributed by atoms with E-state index in [1.807, 2.05) is 0 Å². The Morgan fingerprint density at radius 1 is 1.05 bits per heavy atom. The molecule has 0 aliphatic rings. The zero-order valence-electron chi connectivity index (χ0n) is 10.9. The number of carbonyl (C=O) groups is 1. The van der Waals surface area contributed by atoms with Crippen molar-refractivity contribution in [3.05, 3.63) is 65.2 Å². The van der Waals surface area contributed by atoms with Crippen molar-refractivity contribution in [1.82, 2.24) is 0 Å². The molecule has 21 heavy (non-hydrogen) atoms. The highest BCUT2D eigenvalue weighted by Gasteiger charge is 2.30. The zero-order valence-corrected chi connectivity index (χ0v) is 10.9. The van der Waals surface area contributed by atoms with E-state index in [0.29, 0.717) is 5.69 Å². The molecule has 0 spiro atoms. The molecule has 0 aliphatic heterocycles. The lowest BCUT2D eigenvalue weighted by molar-refractivity contribution is -0.137. The molecule has 110 valence electrons. The molecule has 0 heterocycles. The van der Waals surface area contributed by atoms with Crippen molar-refractivity contribution in [2.24, 2.45) is 5.73 Å². The van der Waals surface area contributed by atoms with E-state index in [1.54, 1.807) is 24.3 Å². The Labute approximate surface area is 119 Å². The maximum absolute atomic E-state index is 12.5. The van der Waals surface area contributed by atoms with Gasteiger partial charge in [0.05, 0.1) is 5.56 Å². The summed E-state index contributed by atoms with van der Waals surface area (Å²) >= 11 is 0. The van der Waals surface area contributed by atoms with Gasteiger partial charge in [-0.25, -0.2) is 0 Å². The van der Waals surface area contributed by atoms with Crippen molar-refractivity contribution < 1.29 is 18.0 Å². The molecule has 0 aliphatic carbocycles. The Morgan fingerprint density at radius 2 is 1.67 bits per heavy atom. The molecular formula is C15H13F3N2O. The van der Waals surface area contributed by atoms with Gasteiger partial charge < -0.3 is 11.1 Å². The van der Waals surface area contributed by atoms with E-state index in [9.17, 15) is 18.0 Å². The van der Waals surface area contributed by atoms with Gasteiger partial charge in [0.2, 0.25) is 0 Å². The van der Waals surface area contributed by atoms with Crippen molar-refractivity contribution in [2.75, 3.05) is 5.32 Å². The Kier molecular flexibility index (Phi) is 4.28. The van der Waals surface area contributed by atoms with Gasteiger partial charge in [-0.05, 0) is 35.9 Å². The van der Waals surface area contributed by atoms with E-state index in [1.165, 1.54) is 0 Å². The zero-order chi connectivity index (χ0) is 15.5. The third-order valence-electron chi connectivity index (χ3n) is 2.96. The third-order valence-corrected chi connectivity index (χ3v) is 2.96. The minimum Gasteiger partial charge on any atom is -0.326 e. The number of amides is 1. The van der Waals surface area contributed by atoms with Crippen molar-refractivity contribution >= 4 is 11.6 Å². The highest BCUT2D eigenvalue weighted by Crippen LogP contribution is 2.29. The molecule has 0 saturated heterocycles. The molecule has 0 unspecified atom stereocenters. The Balaban J connectivity index is 2.17. The molecule has 2 rings (SSSR count). The van der Waals surface area contributed by atoms with Gasteiger partial charge in [-0.2, -0.15) is 13.2 Å². The predicted octanol–water partition coefficient (Wildman–Crippen LogP) is 3.42. The van der Waals surface area contributed by atoms with Crippen LogP contribution in [-0.2, 0) is 12.7 Å². The largest absolute Gasteiger partial charge is 0.416 e. The Morgan fingerprint density at radius 3 is 2.24 bits per heavy atom. The van der Waals surface area contributed by atoms with Crippen molar-refractivity contribution in [2.45, 2.75) is 12.7 Å². The summed E-state index contributed by atoms with van der Waals surface area (Å²) in [6.45, 7) is 0.253. The molecule has 2 aromatic carbocycles. The lowest BCUT2D eigenvalue weighted by Crippen LogP contribution is -2.14. The first kappa shape index (κ1) is 15.1. The molecular weight excluding hydrogens is 281 g/mol. The van der Waals surface area contributed by atoms with E-state index in [2.05, 4.69) is 5.32 Å². The van der Waals surface area contributed by atoms with Crippen molar-refractivity contribution in [3.63, 3.8) is 0 Å². The maximum Gasteiger partial charge on any atom is 0.416 e. The van der Waals surface area contributed by atoms with Crippen LogP contribution in [-0.4, -0.2) is 5.91 Å². The van der Waals surface area contributed by atoms with Gasteiger partial charge in [-0.15, -0.1) is 0 Å². The molecule has 0 fully saturated rings. The quantitative estimate of drug-likeness (QED) is 0.911. The minimum absolute atomic E-state index is 0.148. The van der Waals surface area contributed by atoms with Crippen LogP contribution < -0.4 is 11.1 Å². The van der Waals surface area contributed by atoms with E-state index >= 15 is 0 Å². The lowest BCUT2D eigenvalue weighted by Gasteiger charge is -2.10. The fourth-order valence-corrected chi connectivity index (χ4v) is 1.83. The van der Waals surface area contributed by atoms with E-state index < -0.39 is 17.6 Å². The highest BCUT2D eigenvalue weighted by molar-refractivity contribution is 6.04. The number of benzene rings is 2. The molecule has 6 heteroatoms. The second-order valence-corrected chi connectivity index (χ2v) is 4.39. The van der Waals surface area contributed by atoms with Crippen LogP contribution in [0.1, 0.15) is 21.5 Å². The molecule has 0 aromatic heterocycles. The number of anilines is 1. The number of nitrogens with one attached hydrogen (secondary N) is 1. The van der Waals surface area contributed by atoms with E-state index in [-0.39, 0.29) is 12.1 Å². The lowest BCUT2D eigenvalue weighted by atomic mass is 10.1. The summed E-state index contributed by atoms with van der Waals surface area (Å²) in [5, 5.41) is 2.64. The van der Waals surface area contributed by atoms with E-state index in [4.69, 9.17) is 5.73 Å². The molecule has 0 bridgehead atoms. The molecule has 3 nitrogen and oxygen atoms in total. The minimum atomic E-state index is -4.42. The van der Waals surface area contributed by atoms with Gasteiger partial charge in [0.25, 0.3) is 5.91 Å². The average molecular weight is 294 g/mol. The first-order chi connectivity index (χ1) is 9.91. The van der Waals surface area contributed by atoms with Gasteiger partial charge in [0.15, 0.2) is 0 Å². The number of rotatable bonds is 3. The monoisotopic (exact) mass is 294 g/mol. The smallest absolute Gasteiger partial charge is 0.326 e. The van der Waals surface area contributed by atoms with Crippen LogP contribution in [0.3, 0.4) is 0 Å². The third kappa shape index (κ3) is 3.61. The maximum atomic E-state index is 12.5. The Hall–Kier alpha value is -2.34. The number of hydrogen-bond donors (Lipinski definition) is 2. The summed E-state index contributed by atoms with van der Waals surface area (Å²) < 4.78 is 37.4. The van der Waals surface area contributed by atoms with Gasteiger partial charge in [-0.3, -0.25) is 4.79 Å². The summed E-state index contributed by atoms with van der Waals surface area (Å²) in [7, 11) is 0. The van der Waals surface area contributed by atoms with Crippen LogP contribution in [0.4, 0.5) is 18.9 Å². The van der Waals surface area contributed by atoms with Crippen molar-refractivity contribution in [3.8, 4) is 0 Å². The average Bonchev–Trinajstić information content (AvgIpc) is 2.47. The predicted molar refractivity (Wildman–Crippen MR) is 73.7 cm³/mol. The number of nitrogens with two attached hydrogens (primary N) is 1. The number of halogens is 3. The number of para-hydroxylation sites is 1.